The molecule has 2 rings (SSSR count). The van der Waals surface area contributed by atoms with Crippen LogP contribution in [0.2, 0.25) is 0 Å². The molecule has 0 saturated carbocycles. The van der Waals surface area contributed by atoms with Gasteiger partial charge in [0.15, 0.2) is 0 Å². The maximum Gasteiger partial charge on any atom is 0.0599 e. The highest BCUT2D eigenvalue weighted by atomic mass is 16.5. The van der Waals surface area contributed by atoms with Gasteiger partial charge < -0.3 is 10.1 Å². The Hall–Kier alpha value is -0.120. The van der Waals surface area contributed by atoms with E-state index < -0.39 is 0 Å². The van der Waals surface area contributed by atoms with Crippen LogP contribution in [0.5, 0.6) is 0 Å². The van der Waals surface area contributed by atoms with Crippen LogP contribution in [-0.4, -0.2) is 49.8 Å². The van der Waals surface area contributed by atoms with Gasteiger partial charge in [-0.25, -0.2) is 0 Å². The summed E-state index contributed by atoms with van der Waals surface area (Å²) in [7, 11) is 0. The Morgan fingerprint density at radius 1 is 1.19 bits per heavy atom. The summed E-state index contributed by atoms with van der Waals surface area (Å²) in [5.41, 5.74) is 0. The number of likely N-dealkylation sites (tertiary alicyclic amines) is 1. The Kier molecular flexibility index (Phi) is 5.07. The zero-order chi connectivity index (χ0) is 11.2. The summed E-state index contributed by atoms with van der Waals surface area (Å²) in [5, 5.41) is 3.56. The molecule has 0 radical (unpaired) electrons. The molecule has 1 atom stereocenters. The van der Waals surface area contributed by atoms with E-state index in [0.717, 1.165) is 12.6 Å². The van der Waals surface area contributed by atoms with Crippen LogP contribution in [-0.2, 0) is 4.74 Å². The molecule has 0 aromatic heterocycles. The van der Waals surface area contributed by atoms with E-state index in [1.807, 2.05) is 0 Å². The molecule has 94 valence electrons. The van der Waals surface area contributed by atoms with E-state index in [1.54, 1.807) is 0 Å². The van der Waals surface area contributed by atoms with Crippen molar-refractivity contribution >= 4 is 0 Å². The third-order valence-electron chi connectivity index (χ3n) is 3.92. The lowest BCUT2D eigenvalue weighted by Crippen LogP contribution is -2.46. The monoisotopic (exact) mass is 226 g/mol. The first-order valence-corrected chi connectivity index (χ1v) is 6.96. The molecule has 1 N–H and O–H groups in total. The van der Waals surface area contributed by atoms with Gasteiger partial charge in [-0.2, -0.15) is 0 Å². The summed E-state index contributed by atoms with van der Waals surface area (Å²) in [5.74, 6) is 0. The van der Waals surface area contributed by atoms with Gasteiger partial charge in [-0.3, -0.25) is 4.90 Å². The molecule has 2 aliphatic heterocycles. The van der Waals surface area contributed by atoms with Crippen molar-refractivity contribution < 1.29 is 4.74 Å². The lowest BCUT2D eigenvalue weighted by atomic mass is 10.0. The maximum absolute atomic E-state index is 5.70. The third kappa shape index (κ3) is 3.44. The maximum atomic E-state index is 5.70. The van der Waals surface area contributed by atoms with Gasteiger partial charge in [0, 0.05) is 32.3 Å². The average Bonchev–Trinajstić information content (AvgIpc) is 2.59. The summed E-state index contributed by atoms with van der Waals surface area (Å²) in [6, 6.07) is 0.782. The number of hydrogen-bond acceptors (Lipinski definition) is 3. The van der Waals surface area contributed by atoms with Crippen molar-refractivity contribution in [1.29, 1.82) is 0 Å². The number of piperidine rings is 1. The molecule has 1 unspecified atom stereocenters. The topological polar surface area (TPSA) is 24.5 Å². The standard InChI is InChI=1S/C13H26N2O/c1-2-16-13-6-9-15(10-7-13)12-5-3-4-8-14-11-12/h12-14H,2-11H2,1H3. The van der Waals surface area contributed by atoms with Gasteiger partial charge in [-0.1, -0.05) is 6.42 Å². The van der Waals surface area contributed by atoms with E-state index in [9.17, 15) is 0 Å². The molecule has 16 heavy (non-hydrogen) atoms. The Morgan fingerprint density at radius 2 is 2.00 bits per heavy atom. The zero-order valence-electron chi connectivity index (χ0n) is 10.6. The van der Waals surface area contributed by atoms with Crippen LogP contribution >= 0.6 is 0 Å². The molecular weight excluding hydrogens is 200 g/mol. The highest BCUT2D eigenvalue weighted by Crippen LogP contribution is 2.19. The summed E-state index contributed by atoms with van der Waals surface area (Å²) in [4.78, 5) is 2.67. The van der Waals surface area contributed by atoms with Gasteiger partial charge >= 0.3 is 0 Å². The summed E-state index contributed by atoms with van der Waals surface area (Å²) in [6.45, 7) is 7.84. The Bertz CT molecular complexity index is 182. The third-order valence-corrected chi connectivity index (χ3v) is 3.92. The molecule has 2 aliphatic rings. The summed E-state index contributed by atoms with van der Waals surface area (Å²) >= 11 is 0. The second-order valence-electron chi connectivity index (χ2n) is 5.04. The van der Waals surface area contributed by atoms with E-state index in [0.29, 0.717) is 6.10 Å². The SMILES string of the molecule is CCOC1CCN(C2CCCCNC2)CC1. The fourth-order valence-corrected chi connectivity index (χ4v) is 2.96. The highest BCUT2D eigenvalue weighted by Gasteiger charge is 2.25. The van der Waals surface area contributed by atoms with E-state index in [2.05, 4.69) is 17.1 Å². The van der Waals surface area contributed by atoms with Gasteiger partial charge in [0.1, 0.15) is 0 Å². The van der Waals surface area contributed by atoms with Gasteiger partial charge in [0.25, 0.3) is 0 Å². The van der Waals surface area contributed by atoms with Gasteiger partial charge in [0.05, 0.1) is 6.10 Å². The molecule has 0 bridgehead atoms. The molecule has 2 fully saturated rings. The van der Waals surface area contributed by atoms with Crippen LogP contribution < -0.4 is 5.32 Å². The van der Waals surface area contributed by atoms with Crippen LogP contribution in [0.15, 0.2) is 0 Å². The molecule has 0 spiro atoms. The number of ether oxygens (including phenoxy) is 1. The Morgan fingerprint density at radius 3 is 2.75 bits per heavy atom. The van der Waals surface area contributed by atoms with Crippen molar-refractivity contribution in [2.45, 2.75) is 51.2 Å². The highest BCUT2D eigenvalue weighted by molar-refractivity contribution is 4.81. The number of nitrogens with one attached hydrogen (secondary N) is 1. The molecular formula is C13H26N2O. The molecule has 0 aromatic carbocycles. The summed E-state index contributed by atoms with van der Waals surface area (Å²) < 4.78 is 5.70. The van der Waals surface area contributed by atoms with E-state index >= 15 is 0 Å². The van der Waals surface area contributed by atoms with Crippen LogP contribution in [0, 0.1) is 0 Å². The van der Waals surface area contributed by atoms with Crippen molar-refractivity contribution in [3.63, 3.8) is 0 Å². The zero-order valence-corrected chi connectivity index (χ0v) is 10.6. The Balaban J connectivity index is 1.74. The lowest BCUT2D eigenvalue weighted by molar-refractivity contribution is 0.00357. The normalized spacial score (nSPS) is 30.2. The van der Waals surface area contributed by atoms with Crippen LogP contribution in [0.25, 0.3) is 0 Å². The smallest absolute Gasteiger partial charge is 0.0599 e. The van der Waals surface area contributed by atoms with Crippen molar-refractivity contribution in [3.8, 4) is 0 Å². The molecule has 0 aliphatic carbocycles. The largest absolute Gasteiger partial charge is 0.378 e. The molecule has 3 heteroatoms. The first kappa shape index (κ1) is 12.3. The van der Waals surface area contributed by atoms with Crippen LogP contribution in [0.4, 0.5) is 0 Å². The molecule has 0 amide bonds. The molecule has 2 saturated heterocycles. The molecule has 3 nitrogen and oxygen atoms in total. The summed E-state index contributed by atoms with van der Waals surface area (Å²) in [6.07, 6.45) is 7.11. The molecule has 0 aromatic rings. The fraction of sp³-hybridized carbons (Fsp3) is 1.00. The minimum atomic E-state index is 0.528. The van der Waals surface area contributed by atoms with Crippen molar-refractivity contribution in [1.82, 2.24) is 10.2 Å². The molecule has 2 heterocycles. The first-order chi connectivity index (χ1) is 7.90. The predicted octanol–water partition coefficient (Wildman–Crippen LogP) is 1.63. The van der Waals surface area contributed by atoms with Crippen LogP contribution in [0.3, 0.4) is 0 Å². The van der Waals surface area contributed by atoms with E-state index in [1.165, 1.54) is 58.3 Å². The average molecular weight is 226 g/mol. The van der Waals surface area contributed by atoms with Crippen molar-refractivity contribution in [2.75, 3.05) is 32.8 Å². The van der Waals surface area contributed by atoms with E-state index in [-0.39, 0.29) is 0 Å². The minimum absolute atomic E-state index is 0.528. The minimum Gasteiger partial charge on any atom is -0.378 e. The van der Waals surface area contributed by atoms with E-state index in [4.69, 9.17) is 4.74 Å². The fourth-order valence-electron chi connectivity index (χ4n) is 2.96. The van der Waals surface area contributed by atoms with Gasteiger partial charge in [0.2, 0.25) is 0 Å². The number of nitrogens with zero attached hydrogens (tertiary/aromatic N) is 1. The Labute approximate surface area is 99.5 Å². The predicted molar refractivity (Wildman–Crippen MR) is 66.7 cm³/mol. The second-order valence-corrected chi connectivity index (χ2v) is 5.04. The first-order valence-electron chi connectivity index (χ1n) is 6.96. The number of hydrogen-bond donors (Lipinski definition) is 1. The van der Waals surface area contributed by atoms with Crippen molar-refractivity contribution in [3.05, 3.63) is 0 Å². The van der Waals surface area contributed by atoms with Gasteiger partial charge in [-0.15, -0.1) is 0 Å². The second kappa shape index (κ2) is 6.58. The van der Waals surface area contributed by atoms with Crippen molar-refractivity contribution in [2.24, 2.45) is 0 Å². The number of rotatable bonds is 3. The van der Waals surface area contributed by atoms with Gasteiger partial charge in [-0.05, 0) is 39.2 Å². The quantitative estimate of drug-likeness (QED) is 0.791. The van der Waals surface area contributed by atoms with Crippen LogP contribution in [0.1, 0.15) is 39.0 Å². The lowest BCUT2D eigenvalue weighted by Gasteiger charge is -2.37.